The first-order valence-corrected chi connectivity index (χ1v) is 20.0. The van der Waals surface area contributed by atoms with Gasteiger partial charge in [-0.25, -0.2) is 0 Å². The van der Waals surface area contributed by atoms with E-state index >= 15 is 0 Å². The van der Waals surface area contributed by atoms with Crippen molar-refractivity contribution >= 4 is 45.9 Å². The molecule has 3 heteroatoms. The van der Waals surface area contributed by atoms with Gasteiger partial charge >= 0.3 is 0 Å². The standard InChI is InChI=1S/C45H55BN2/c1-26-16-33-40-35(18-26)46-36-19-27(2)17-34-41(36)48(45(7)25-32-15-11-9-13-30(32)23-43(34,45)5)38-21-28(3)20-37(39(38)46)47(40)44(6)24-31-14-10-8-12-29(31)22-42(33,44)4/h16-21,29-32H,8-15,22-25H2,1-7H3. The van der Waals surface area contributed by atoms with Crippen molar-refractivity contribution in [2.75, 3.05) is 9.80 Å². The first kappa shape index (κ1) is 29.1. The third-order valence-electron chi connectivity index (χ3n) is 17.0. The van der Waals surface area contributed by atoms with Gasteiger partial charge in [-0.3, -0.25) is 0 Å². The Morgan fingerprint density at radius 1 is 0.521 bits per heavy atom. The van der Waals surface area contributed by atoms with E-state index in [0.29, 0.717) is 6.71 Å². The summed E-state index contributed by atoms with van der Waals surface area (Å²) in [6.07, 6.45) is 16.8. The molecule has 3 aromatic carbocycles. The molecule has 2 nitrogen and oxygen atoms in total. The van der Waals surface area contributed by atoms with Crippen LogP contribution < -0.4 is 26.2 Å². The Kier molecular flexibility index (Phi) is 5.43. The lowest BCUT2D eigenvalue weighted by Crippen LogP contribution is -2.67. The summed E-state index contributed by atoms with van der Waals surface area (Å²) in [5.41, 5.74) is 19.3. The van der Waals surface area contributed by atoms with Crippen LogP contribution in [0.2, 0.25) is 0 Å². The van der Waals surface area contributed by atoms with E-state index in [4.69, 9.17) is 0 Å². The molecule has 4 saturated carbocycles. The number of anilines is 4. The van der Waals surface area contributed by atoms with E-state index in [0.717, 1.165) is 23.7 Å². The van der Waals surface area contributed by atoms with Gasteiger partial charge in [0.2, 0.25) is 0 Å². The number of hydrogen-bond acceptors (Lipinski definition) is 2. The molecular formula is C45H55BN2. The van der Waals surface area contributed by atoms with Crippen LogP contribution in [-0.4, -0.2) is 17.8 Å². The molecule has 4 fully saturated rings. The van der Waals surface area contributed by atoms with Gasteiger partial charge in [-0.05, 0) is 129 Å². The molecule has 8 unspecified atom stereocenters. The molecular weight excluding hydrogens is 579 g/mol. The summed E-state index contributed by atoms with van der Waals surface area (Å²) in [4.78, 5) is 5.98. The maximum Gasteiger partial charge on any atom is 0.252 e. The van der Waals surface area contributed by atoms with E-state index in [2.05, 4.69) is 94.7 Å². The van der Waals surface area contributed by atoms with Gasteiger partial charge in [-0.1, -0.05) is 101 Å². The monoisotopic (exact) mass is 634 g/mol. The van der Waals surface area contributed by atoms with E-state index in [1.807, 2.05) is 0 Å². The Morgan fingerprint density at radius 2 is 0.896 bits per heavy atom. The summed E-state index contributed by atoms with van der Waals surface area (Å²) in [6.45, 7) is 18.3. The van der Waals surface area contributed by atoms with Crippen molar-refractivity contribution in [1.82, 2.24) is 0 Å². The van der Waals surface area contributed by atoms with E-state index in [-0.39, 0.29) is 21.9 Å². The largest absolute Gasteiger partial charge is 0.335 e. The molecule has 8 atom stereocenters. The number of aryl methyl sites for hydroxylation is 3. The molecule has 11 rings (SSSR count). The molecule has 4 aliphatic carbocycles. The van der Waals surface area contributed by atoms with Crippen LogP contribution in [0.4, 0.5) is 22.7 Å². The molecule has 0 bridgehead atoms. The lowest BCUT2D eigenvalue weighted by Gasteiger charge is -2.58. The molecule has 3 aromatic rings. The summed E-state index contributed by atoms with van der Waals surface area (Å²) < 4.78 is 0. The molecule has 0 spiro atoms. The molecule has 4 aliphatic heterocycles. The normalized spacial score (nSPS) is 39.2. The van der Waals surface area contributed by atoms with Crippen molar-refractivity contribution in [2.24, 2.45) is 23.7 Å². The SMILES string of the molecule is Cc1cc2c3c(c1)N1c4c(cc(C)cc4C4(C)CC5CCCCC5CC14C)B3c1cc(C)cc3c1N2C1(C)CC2CCCCC2CC31C. The lowest BCUT2D eigenvalue weighted by atomic mass is 9.33. The molecule has 48 heavy (non-hydrogen) atoms. The summed E-state index contributed by atoms with van der Waals surface area (Å²) in [6, 6.07) is 15.8. The number of nitrogens with zero attached hydrogens (tertiary/aromatic N) is 2. The first-order valence-electron chi connectivity index (χ1n) is 20.0. The fourth-order valence-electron chi connectivity index (χ4n) is 14.6. The zero-order valence-electron chi connectivity index (χ0n) is 30.7. The summed E-state index contributed by atoms with van der Waals surface area (Å²) in [7, 11) is 0. The molecule has 0 amide bonds. The van der Waals surface area contributed by atoms with Crippen molar-refractivity contribution < 1.29 is 0 Å². The highest BCUT2D eigenvalue weighted by molar-refractivity contribution is 7.00. The molecule has 4 heterocycles. The summed E-state index contributed by atoms with van der Waals surface area (Å²) >= 11 is 0. The van der Waals surface area contributed by atoms with Crippen molar-refractivity contribution in [3.05, 3.63) is 64.2 Å². The van der Waals surface area contributed by atoms with Gasteiger partial charge in [0.05, 0.1) is 11.1 Å². The van der Waals surface area contributed by atoms with Crippen LogP contribution in [0, 0.1) is 44.4 Å². The maximum absolute atomic E-state index is 2.99. The predicted octanol–water partition coefficient (Wildman–Crippen LogP) is 9.29. The third-order valence-corrected chi connectivity index (χ3v) is 17.0. The summed E-state index contributed by atoms with van der Waals surface area (Å²) in [5, 5.41) is 0. The summed E-state index contributed by atoms with van der Waals surface area (Å²) in [5.74, 6) is 3.49. The van der Waals surface area contributed by atoms with Crippen LogP contribution in [-0.2, 0) is 10.8 Å². The highest BCUT2D eigenvalue weighted by Gasteiger charge is 2.67. The van der Waals surface area contributed by atoms with Crippen molar-refractivity contribution in [2.45, 2.75) is 147 Å². The minimum absolute atomic E-state index is 0.0878. The van der Waals surface area contributed by atoms with Crippen LogP contribution in [0.5, 0.6) is 0 Å². The zero-order chi connectivity index (χ0) is 32.7. The van der Waals surface area contributed by atoms with E-state index in [9.17, 15) is 0 Å². The van der Waals surface area contributed by atoms with Gasteiger partial charge in [-0.15, -0.1) is 0 Å². The number of fused-ring (bicyclic) bond motifs is 12. The second-order valence-electron chi connectivity index (χ2n) is 19.5. The lowest BCUT2D eigenvalue weighted by molar-refractivity contribution is 0.0577. The molecule has 248 valence electrons. The second kappa shape index (κ2) is 8.97. The van der Waals surface area contributed by atoms with Crippen molar-refractivity contribution in [3.63, 3.8) is 0 Å². The topological polar surface area (TPSA) is 6.48 Å². The Balaban J connectivity index is 1.22. The van der Waals surface area contributed by atoms with Crippen LogP contribution in [0.1, 0.15) is 133 Å². The van der Waals surface area contributed by atoms with Gasteiger partial charge < -0.3 is 9.80 Å². The average molecular weight is 635 g/mol. The fraction of sp³-hybridized carbons (Fsp3) is 0.600. The molecule has 0 radical (unpaired) electrons. The van der Waals surface area contributed by atoms with Crippen LogP contribution in [0.15, 0.2) is 36.4 Å². The molecule has 0 saturated heterocycles. The second-order valence-corrected chi connectivity index (χ2v) is 19.5. The predicted molar refractivity (Wildman–Crippen MR) is 203 cm³/mol. The minimum Gasteiger partial charge on any atom is -0.335 e. The van der Waals surface area contributed by atoms with E-state index < -0.39 is 0 Å². The Bertz CT molecular complexity index is 1830. The van der Waals surface area contributed by atoms with E-state index in [1.165, 1.54) is 93.7 Å². The Labute approximate surface area is 290 Å². The smallest absolute Gasteiger partial charge is 0.252 e. The average Bonchev–Trinajstić information content (AvgIpc) is 3.36. The molecule has 0 N–H and O–H groups in total. The number of benzene rings is 3. The Hall–Kier alpha value is -2.68. The number of rotatable bonds is 0. The van der Waals surface area contributed by atoms with Gasteiger partial charge in [0.15, 0.2) is 0 Å². The van der Waals surface area contributed by atoms with Crippen molar-refractivity contribution in [3.8, 4) is 0 Å². The maximum atomic E-state index is 2.99. The fourth-order valence-corrected chi connectivity index (χ4v) is 14.6. The van der Waals surface area contributed by atoms with E-state index in [1.54, 1.807) is 50.3 Å². The van der Waals surface area contributed by atoms with Crippen LogP contribution in [0.3, 0.4) is 0 Å². The Morgan fingerprint density at radius 3 is 1.31 bits per heavy atom. The van der Waals surface area contributed by atoms with Crippen LogP contribution in [0.25, 0.3) is 0 Å². The van der Waals surface area contributed by atoms with Gasteiger partial charge in [0, 0.05) is 33.6 Å². The zero-order valence-corrected chi connectivity index (χ0v) is 30.7. The first-order chi connectivity index (χ1) is 23.0. The minimum atomic E-state index is 0.0878. The third kappa shape index (κ3) is 3.14. The highest BCUT2D eigenvalue weighted by atomic mass is 15.3. The molecule has 8 aliphatic rings. The van der Waals surface area contributed by atoms with Crippen LogP contribution >= 0.6 is 0 Å². The van der Waals surface area contributed by atoms with Gasteiger partial charge in [0.1, 0.15) is 0 Å². The highest BCUT2D eigenvalue weighted by Crippen LogP contribution is 2.68. The van der Waals surface area contributed by atoms with Crippen molar-refractivity contribution in [1.29, 1.82) is 0 Å². The number of hydrogen-bond donors (Lipinski definition) is 0. The van der Waals surface area contributed by atoms with Gasteiger partial charge in [-0.2, -0.15) is 0 Å². The van der Waals surface area contributed by atoms with Gasteiger partial charge in [0.25, 0.3) is 6.71 Å². The molecule has 0 aromatic heterocycles. The quantitative estimate of drug-likeness (QED) is 0.228.